The Kier molecular flexibility index (Phi) is 3.31. The summed E-state index contributed by atoms with van der Waals surface area (Å²) < 4.78 is 9.81. The average molecular weight is 238 g/mol. The van der Waals surface area contributed by atoms with Crippen molar-refractivity contribution in [2.75, 3.05) is 0 Å². The number of aliphatic hydroxyl groups excluding tert-OH is 1. The van der Waals surface area contributed by atoms with Gasteiger partial charge >= 0.3 is 0 Å². The predicted octanol–water partition coefficient (Wildman–Crippen LogP) is 1.34. The summed E-state index contributed by atoms with van der Waals surface area (Å²) >= 11 is 1.11. The second kappa shape index (κ2) is 4.71. The van der Waals surface area contributed by atoms with Crippen molar-refractivity contribution in [2.45, 2.75) is 32.9 Å². The Balaban J connectivity index is 2.14. The number of aryl methyl sites for hydroxylation is 2. The number of aromatic nitrogens is 4. The fraction of sp³-hybridized carbons (Fsp3) is 0.500. The van der Waals surface area contributed by atoms with Crippen molar-refractivity contribution in [1.82, 2.24) is 18.5 Å². The molecule has 0 saturated carbocycles. The maximum atomic E-state index is 9.96. The summed E-state index contributed by atoms with van der Waals surface area (Å²) in [4.78, 5) is 0. The SMILES string of the molecule is CCn1nc(C)cc1CC(O)c1cnsn1. The van der Waals surface area contributed by atoms with E-state index in [0.29, 0.717) is 12.1 Å². The molecule has 0 bridgehead atoms. The molecule has 16 heavy (non-hydrogen) atoms. The van der Waals surface area contributed by atoms with Crippen LogP contribution in [0.1, 0.15) is 30.1 Å². The van der Waals surface area contributed by atoms with Crippen LogP contribution in [-0.4, -0.2) is 23.6 Å². The van der Waals surface area contributed by atoms with Gasteiger partial charge in [0, 0.05) is 18.7 Å². The van der Waals surface area contributed by atoms with Crippen molar-refractivity contribution in [3.8, 4) is 0 Å². The molecule has 2 aromatic rings. The van der Waals surface area contributed by atoms with Crippen LogP contribution in [0.3, 0.4) is 0 Å². The van der Waals surface area contributed by atoms with Crippen LogP contribution in [0.4, 0.5) is 0 Å². The molecular weight excluding hydrogens is 224 g/mol. The van der Waals surface area contributed by atoms with E-state index in [1.807, 2.05) is 24.6 Å². The number of rotatable bonds is 4. The van der Waals surface area contributed by atoms with E-state index in [-0.39, 0.29) is 0 Å². The van der Waals surface area contributed by atoms with E-state index >= 15 is 0 Å². The first-order valence-electron chi connectivity index (χ1n) is 5.19. The number of aliphatic hydroxyl groups is 1. The van der Waals surface area contributed by atoms with E-state index in [9.17, 15) is 5.11 Å². The Hall–Kier alpha value is -1.27. The van der Waals surface area contributed by atoms with Gasteiger partial charge in [-0.3, -0.25) is 4.68 Å². The van der Waals surface area contributed by atoms with Gasteiger partial charge in [-0.1, -0.05) is 0 Å². The van der Waals surface area contributed by atoms with Crippen LogP contribution < -0.4 is 0 Å². The van der Waals surface area contributed by atoms with Crippen LogP contribution in [0.15, 0.2) is 12.3 Å². The smallest absolute Gasteiger partial charge is 0.104 e. The lowest BCUT2D eigenvalue weighted by molar-refractivity contribution is 0.171. The van der Waals surface area contributed by atoms with E-state index < -0.39 is 6.10 Å². The van der Waals surface area contributed by atoms with Gasteiger partial charge in [-0.05, 0) is 19.9 Å². The second-order valence-corrected chi connectivity index (χ2v) is 4.20. The topological polar surface area (TPSA) is 63.8 Å². The van der Waals surface area contributed by atoms with Crippen LogP contribution >= 0.6 is 11.7 Å². The van der Waals surface area contributed by atoms with Gasteiger partial charge in [-0.25, -0.2) is 0 Å². The molecule has 0 aromatic carbocycles. The molecule has 5 nitrogen and oxygen atoms in total. The Morgan fingerprint density at radius 1 is 1.56 bits per heavy atom. The molecule has 0 amide bonds. The van der Waals surface area contributed by atoms with Crippen molar-refractivity contribution >= 4 is 11.7 Å². The fourth-order valence-corrected chi connectivity index (χ4v) is 2.12. The van der Waals surface area contributed by atoms with Gasteiger partial charge in [-0.2, -0.15) is 13.8 Å². The molecular formula is C10H14N4OS. The molecule has 0 aliphatic rings. The molecule has 0 aliphatic carbocycles. The van der Waals surface area contributed by atoms with Crippen molar-refractivity contribution in [2.24, 2.45) is 0 Å². The highest BCUT2D eigenvalue weighted by Gasteiger charge is 2.14. The Morgan fingerprint density at radius 2 is 2.38 bits per heavy atom. The zero-order valence-electron chi connectivity index (χ0n) is 9.29. The Bertz CT molecular complexity index is 451. The minimum absolute atomic E-state index is 0.528. The minimum atomic E-state index is -0.597. The predicted molar refractivity (Wildman–Crippen MR) is 61.2 cm³/mol. The van der Waals surface area contributed by atoms with E-state index in [2.05, 4.69) is 13.8 Å². The van der Waals surface area contributed by atoms with E-state index in [0.717, 1.165) is 29.7 Å². The van der Waals surface area contributed by atoms with Gasteiger partial charge in [0.1, 0.15) is 11.8 Å². The van der Waals surface area contributed by atoms with Crippen molar-refractivity contribution in [3.05, 3.63) is 29.3 Å². The summed E-state index contributed by atoms with van der Waals surface area (Å²) in [6.07, 6.45) is 1.54. The minimum Gasteiger partial charge on any atom is -0.386 e. The average Bonchev–Trinajstić information content (AvgIpc) is 2.87. The Labute approximate surface area is 98.1 Å². The van der Waals surface area contributed by atoms with Gasteiger partial charge in [-0.15, -0.1) is 0 Å². The van der Waals surface area contributed by atoms with Crippen molar-refractivity contribution in [1.29, 1.82) is 0 Å². The van der Waals surface area contributed by atoms with E-state index in [4.69, 9.17) is 0 Å². The van der Waals surface area contributed by atoms with Crippen molar-refractivity contribution in [3.63, 3.8) is 0 Å². The van der Waals surface area contributed by atoms with Crippen LogP contribution in [0, 0.1) is 6.92 Å². The quantitative estimate of drug-likeness (QED) is 0.873. The zero-order valence-corrected chi connectivity index (χ0v) is 10.1. The first-order chi connectivity index (χ1) is 7.70. The van der Waals surface area contributed by atoms with Crippen LogP contribution in [0.5, 0.6) is 0 Å². The molecule has 86 valence electrons. The summed E-state index contributed by atoms with van der Waals surface area (Å²) in [6.45, 7) is 4.80. The molecule has 0 spiro atoms. The second-order valence-electron chi connectivity index (χ2n) is 3.65. The third-order valence-electron chi connectivity index (χ3n) is 2.41. The van der Waals surface area contributed by atoms with E-state index in [1.54, 1.807) is 6.20 Å². The van der Waals surface area contributed by atoms with Crippen LogP contribution in [0.2, 0.25) is 0 Å². The maximum absolute atomic E-state index is 9.96. The third kappa shape index (κ3) is 2.28. The lowest BCUT2D eigenvalue weighted by Gasteiger charge is -2.08. The standard InChI is InChI=1S/C10H14N4OS/c1-3-14-8(4-7(2)12-14)5-10(15)9-6-11-16-13-9/h4,6,10,15H,3,5H2,1-2H3. The first-order valence-corrected chi connectivity index (χ1v) is 5.92. The monoisotopic (exact) mass is 238 g/mol. The molecule has 1 atom stereocenters. The molecule has 2 rings (SSSR count). The number of hydrogen-bond donors (Lipinski definition) is 1. The summed E-state index contributed by atoms with van der Waals surface area (Å²) in [5.41, 5.74) is 2.63. The summed E-state index contributed by atoms with van der Waals surface area (Å²) in [5, 5.41) is 14.3. The zero-order chi connectivity index (χ0) is 11.5. The molecule has 1 unspecified atom stereocenters. The Morgan fingerprint density at radius 3 is 3.00 bits per heavy atom. The lowest BCUT2D eigenvalue weighted by atomic mass is 10.1. The summed E-state index contributed by atoms with van der Waals surface area (Å²) in [7, 11) is 0. The van der Waals surface area contributed by atoms with Crippen LogP contribution in [0.25, 0.3) is 0 Å². The van der Waals surface area contributed by atoms with Gasteiger partial charge in [0.2, 0.25) is 0 Å². The summed E-state index contributed by atoms with van der Waals surface area (Å²) in [6, 6.07) is 1.99. The number of nitrogens with zero attached hydrogens (tertiary/aromatic N) is 4. The molecule has 0 aliphatic heterocycles. The maximum Gasteiger partial charge on any atom is 0.104 e. The largest absolute Gasteiger partial charge is 0.386 e. The molecule has 1 N–H and O–H groups in total. The fourth-order valence-electron chi connectivity index (χ4n) is 1.66. The van der Waals surface area contributed by atoms with E-state index in [1.165, 1.54) is 0 Å². The molecule has 6 heteroatoms. The first kappa shape index (κ1) is 11.2. The van der Waals surface area contributed by atoms with Gasteiger partial charge < -0.3 is 5.11 Å². The highest BCUT2D eigenvalue weighted by Crippen LogP contribution is 2.17. The highest BCUT2D eigenvalue weighted by molar-refractivity contribution is 6.99. The lowest BCUT2D eigenvalue weighted by Crippen LogP contribution is -2.08. The molecule has 0 radical (unpaired) electrons. The van der Waals surface area contributed by atoms with Gasteiger partial charge in [0.15, 0.2) is 0 Å². The summed E-state index contributed by atoms with van der Waals surface area (Å²) in [5.74, 6) is 0. The highest BCUT2D eigenvalue weighted by atomic mass is 32.1. The normalized spacial score (nSPS) is 12.9. The molecule has 0 fully saturated rings. The van der Waals surface area contributed by atoms with Crippen molar-refractivity contribution < 1.29 is 5.11 Å². The van der Waals surface area contributed by atoms with Gasteiger partial charge in [0.25, 0.3) is 0 Å². The van der Waals surface area contributed by atoms with Gasteiger partial charge in [0.05, 0.1) is 23.6 Å². The number of hydrogen-bond acceptors (Lipinski definition) is 5. The molecule has 2 heterocycles. The molecule has 0 saturated heterocycles. The third-order valence-corrected chi connectivity index (χ3v) is 2.90. The van der Waals surface area contributed by atoms with Crippen LogP contribution in [-0.2, 0) is 13.0 Å². The molecule has 2 aromatic heterocycles.